The summed E-state index contributed by atoms with van der Waals surface area (Å²) in [5.41, 5.74) is 1.14. The average molecular weight is 519 g/mol. The van der Waals surface area contributed by atoms with Gasteiger partial charge in [-0.15, -0.1) is 0 Å². The quantitative estimate of drug-likeness (QED) is 0.109. The third kappa shape index (κ3) is 15.0. The molecule has 0 unspecified atom stereocenters. The number of rotatable bonds is 24. The number of hydrogen-bond donors (Lipinski definition) is 1. The van der Waals surface area contributed by atoms with Crippen molar-refractivity contribution < 1.29 is 24.1 Å². The molecule has 0 spiro atoms. The van der Waals surface area contributed by atoms with Crippen LogP contribution in [0.2, 0.25) is 0 Å². The Morgan fingerprint density at radius 3 is 1.35 bits per heavy atom. The van der Waals surface area contributed by atoms with Crippen molar-refractivity contribution in [3.8, 4) is 17.2 Å². The summed E-state index contributed by atoms with van der Waals surface area (Å²) in [5, 5.41) is 9.68. The van der Waals surface area contributed by atoms with Crippen LogP contribution in [0.4, 0.5) is 0 Å². The molecule has 1 aromatic rings. The zero-order valence-electron chi connectivity index (χ0n) is 24.2. The van der Waals surface area contributed by atoms with E-state index in [0.29, 0.717) is 29.2 Å². The molecule has 0 atom stereocenters. The second kappa shape index (κ2) is 21.9. The highest BCUT2D eigenvalue weighted by molar-refractivity contribution is 5.92. The standard InChI is InChI=1S/C32H54O5/c1-5-6-7-8-9-10-11-12-13-14-15-16-17-18-19-20-21-22-23-28(32(33)34)24-27-25-29(35-2)31(37-4)30(26-27)36-3/h24-26H,5-23H2,1-4H3,(H,33,34). The predicted molar refractivity (Wildman–Crippen MR) is 155 cm³/mol. The third-order valence-corrected chi connectivity index (χ3v) is 7.10. The van der Waals surface area contributed by atoms with Gasteiger partial charge in [-0.05, 0) is 36.6 Å². The van der Waals surface area contributed by atoms with Crippen molar-refractivity contribution in [3.05, 3.63) is 23.3 Å². The number of ether oxygens (including phenoxy) is 3. The van der Waals surface area contributed by atoms with Crippen molar-refractivity contribution in [1.82, 2.24) is 0 Å². The van der Waals surface area contributed by atoms with Gasteiger partial charge in [0.2, 0.25) is 5.75 Å². The number of methoxy groups -OCH3 is 3. The van der Waals surface area contributed by atoms with Crippen molar-refractivity contribution in [1.29, 1.82) is 0 Å². The van der Waals surface area contributed by atoms with Gasteiger partial charge in [-0.3, -0.25) is 0 Å². The molecule has 0 heterocycles. The molecule has 5 nitrogen and oxygen atoms in total. The molecule has 1 rings (SSSR count). The molecule has 0 aliphatic heterocycles. The molecule has 0 bridgehead atoms. The molecule has 5 heteroatoms. The maximum absolute atomic E-state index is 11.8. The first-order valence-electron chi connectivity index (χ1n) is 14.8. The van der Waals surface area contributed by atoms with Gasteiger partial charge in [-0.1, -0.05) is 116 Å². The van der Waals surface area contributed by atoms with E-state index in [4.69, 9.17) is 14.2 Å². The minimum absolute atomic E-state index is 0.408. The number of carboxylic acids is 1. The van der Waals surface area contributed by atoms with E-state index in [2.05, 4.69) is 6.92 Å². The predicted octanol–water partition coefficient (Wildman–Crippen LogP) is 9.61. The molecule has 0 fully saturated rings. The first-order valence-corrected chi connectivity index (χ1v) is 14.8. The van der Waals surface area contributed by atoms with Gasteiger partial charge < -0.3 is 19.3 Å². The fourth-order valence-corrected chi connectivity index (χ4v) is 4.84. The molecule has 0 aliphatic rings. The topological polar surface area (TPSA) is 65.0 Å². The highest BCUT2D eigenvalue weighted by Crippen LogP contribution is 2.38. The molecule has 0 aliphatic carbocycles. The van der Waals surface area contributed by atoms with Gasteiger partial charge in [0.05, 0.1) is 21.3 Å². The summed E-state index contributed by atoms with van der Waals surface area (Å²) in [5.74, 6) is 0.667. The van der Waals surface area contributed by atoms with Crippen LogP contribution < -0.4 is 14.2 Å². The summed E-state index contributed by atoms with van der Waals surface area (Å²) in [7, 11) is 4.67. The number of carbonyl (C=O) groups is 1. The summed E-state index contributed by atoms with van der Waals surface area (Å²) in [4.78, 5) is 11.8. The van der Waals surface area contributed by atoms with Crippen LogP contribution in [0.5, 0.6) is 17.2 Å². The lowest BCUT2D eigenvalue weighted by Gasteiger charge is -2.13. The van der Waals surface area contributed by atoms with Crippen LogP contribution in [0.1, 0.15) is 134 Å². The first-order chi connectivity index (χ1) is 18.1. The average Bonchev–Trinajstić information content (AvgIpc) is 2.90. The van der Waals surface area contributed by atoms with Gasteiger partial charge in [0.1, 0.15) is 0 Å². The van der Waals surface area contributed by atoms with Gasteiger partial charge in [-0.25, -0.2) is 4.79 Å². The lowest BCUT2D eigenvalue weighted by Crippen LogP contribution is -2.01. The van der Waals surface area contributed by atoms with Crippen LogP contribution >= 0.6 is 0 Å². The summed E-state index contributed by atoms with van der Waals surface area (Å²) in [6.45, 7) is 2.28. The molecular weight excluding hydrogens is 464 g/mol. The second-order valence-electron chi connectivity index (χ2n) is 10.2. The van der Waals surface area contributed by atoms with E-state index >= 15 is 0 Å². The summed E-state index contributed by atoms with van der Waals surface area (Å²) in [6, 6.07) is 3.56. The molecule has 212 valence electrons. The minimum atomic E-state index is -0.874. The molecular formula is C32H54O5. The van der Waals surface area contributed by atoms with Crippen molar-refractivity contribution >= 4 is 12.0 Å². The number of unbranched alkanes of at least 4 members (excludes halogenated alkanes) is 17. The maximum Gasteiger partial charge on any atom is 0.331 e. The summed E-state index contributed by atoms with van der Waals surface area (Å²) < 4.78 is 16.1. The molecule has 0 saturated carbocycles. The first kappa shape index (κ1) is 32.9. The molecule has 0 aromatic heterocycles. The van der Waals surface area contributed by atoms with E-state index < -0.39 is 5.97 Å². The molecule has 37 heavy (non-hydrogen) atoms. The molecule has 1 N–H and O–H groups in total. The van der Waals surface area contributed by atoms with Crippen molar-refractivity contribution in [2.75, 3.05) is 21.3 Å². The molecule has 0 amide bonds. The normalized spacial score (nSPS) is 11.5. The Bertz CT molecular complexity index is 731. The van der Waals surface area contributed by atoms with Crippen molar-refractivity contribution in [3.63, 3.8) is 0 Å². The Kier molecular flexibility index (Phi) is 19.4. The minimum Gasteiger partial charge on any atom is -0.493 e. The maximum atomic E-state index is 11.8. The Morgan fingerprint density at radius 2 is 1.03 bits per heavy atom. The highest BCUT2D eigenvalue weighted by Gasteiger charge is 2.14. The van der Waals surface area contributed by atoms with E-state index in [9.17, 15) is 9.90 Å². The Balaban J connectivity index is 2.16. The lowest BCUT2D eigenvalue weighted by atomic mass is 10.0. The third-order valence-electron chi connectivity index (χ3n) is 7.10. The van der Waals surface area contributed by atoms with E-state index in [1.165, 1.54) is 103 Å². The van der Waals surface area contributed by atoms with Gasteiger partial charge in [0.15, 0.2) is 11.5 Å². The van der Waals surface area contributed by atoms with E-state index in [1.54, 1.807) is 39.5 Å². The van der Waals surface area contributed by atoms with Crippen LogP contribution in [-0.4, -0.2) is 32.4 Å². The van der Waals surface area contributed by atoms with E-state index in [-0.39, 0.29) is 0 Å². The van der Waals surface area contributed by atoms with E-state index in [0.717, 1.165) is 18.4 Å². The Morgan fingerprint density at radius 1 is 0.649 bits per heavy atom. The largest absolute Gasteiger partial charge is 0.493 e. The number of hydrogen-bond acceptors (Lipinski definition) is 4. The highest BCUT2D eigenvalue weighted by atomic mass is 16.5. The van der Waals surface area contributed by atoms with Crippen molar-refractivity contribution in [2.45, 2.75) is 129 Å². The van der Waals surface area contributed by atoms with Crippen LogP contribution in [0, 0.1) is 0 Å². The second-order valence-corrected chi connectivity index (χ2v) is 10.2. The zero-order valence-corrected chi connectivity index (χ0v) is 24.2. The lowest BCUT2D eigenvalue weighted by molar-refractivity contribution is -0.132. The smallest absolute Gasteiger partial charge is 0.331 e. The number of benzene rings is 1. The van der Waals surface area contributed by atoms with E-state index in [1.807, 2.05) is 0 Å². The number of aliphatic carboxylic acids is 1. The fraction of sp³-hybridized carbons (Fsp3) is 0.719. The van der Waals surface area contributed by atoms with Crippen LogP contribution in [0.15, 0.2) is 17.7 Å². The van der Waals surface area contributed by atoms with Gasteiger partial charge in [0.25, 0.3) is 0 Å². The zero-order chi connectivity index (χ0) is 27.1. The monoisotopic (exact) mass is 518 g/mol. The van der Waals surface area contributed by atoms with Gasteiger partial charge in [0, 0.05) is 5.57 Å². The molecule has 0 saturated heterocycles. The summed E-state index contributed by atoms with van der Waals surface area (Å²) in [6.07, 6.45) is 26.1. The van der Waals surface area contributed by atoms with Crippen molar-refractivity contribution in [2.24, 2.45) is 0 Å². The number of carboxylic acid groups (broad SMARTS) is 1. The fourth-order valence-electron chi connectivity index (χ4n) is 4.84. The van der Waals surface area contributed by atoms with Crippen LogP contribution in [-0.2, 0) is 4.79 Å². The SMILES string of the molecule is CCCCCCCCCCCCCCCCCCCCC(=Cc1cc(OC)c(OC)c(OC)c1)C(=O)O. The Hall–Kier alpha value is -2.17. The van der Waals surface area contributed by atoms with Crippen LogP contribution in [0.3, 0.4) is 0 Å². The molecule has 0 radical (unpaired) electrons. The molecule has 1 aromatic carbocycles. The summed E-state index contributed by atoms with van der Waals surface area (Å²) >= 11 is 0. The van der Waals surface area contributed by atoms with Crippen LogP contribution in [0.25, 0.3) is 6.08 Å². The van der Waals surface area contributed by atoms with Gasteiger partial charge >= 0.3 is 5.97 Å². The Labute approximate surface area is 227 Å². The van der Waals surface area contributed by atoms with Gasteiger partial charge in [-0.2, -0.15) is 0 Å².